The van der Waals surface area contributed by atoms with E-state index in [1.165, 1.54) is 0 Å². The van der Waals surface area contributed by atoms with Crippen molar-refractivity contribution in [3.05, 3.63) is 41.5 Å². The van der Waals surface area contributed by atoms with Crippen LogP contribution in [-0.2, 0) is 17.6 Å². The zero-order chi connectivity index (χ0) is 15.1. The number of rotatable bonds is 7. The number of benzene rings is 1. The van der Waals surface area contributed by atoms with Gasteiger partial charge in [0.15, 0.2) is 0 Å². The van der Waals surface area contributed by atoms with Crippen molar-refractivity contribution in [2.24, 2.45) is 0 Å². The molecule has 0 saturated heterocycles. The summed E-state index contributed by atoms with van der Waals surface area (Å²) in [6.45, 7) is 7.37. The maximum absolute atomic E-state index is 11.5. The van der Waals surface area contributed by atoms with Crippen molar-refractivity contribution in [3.8, 4) is 5.75 Å². The van der Waals surface area contributed by atoms with Crippen molar-refractivity contribution in [1.29, 1.82) is 0 Å². The maximum Gasteiger partial charge on any atom is 0.335 e. The van der Waals surface area contributed by atoms with Crippen LogP contribution in [0.4, 0.5) is 0 Å². The van der Waals surface area contributed by atoms with Crippen LogP contribution in [-0.4, -0.2) is 17.0 Å². The van der Waals surface area contributed by atoms with Crippen LogP contribution in [0.2, 0.25) is 0 Å². The Hall–Kier alpha value is -2.10. The number of carbonyl (C=O) groups is 2. The minimum Gasteiger partial charge on any atom is -0.478 e. The van der Waals surface area contributed by atoms with Crippen LogP contribution in [0.1, 0.15) is 48.2 Å². The number of carboxylic acid groups (broad SMARTS) is 1. The van der Waals surface area contributed by atoms with Gasteiger partial charge in [-0.25, -0.2) is 9.59 Å². The summed E-state index contributed by atoms with van der Waals surface area (Å²) < 4.78 is 5.32. The smallest absolute Gasteiger partial charge is 0.335 e. The minimum absolute atomic E-state index is 0.232. The van der Waals surface area contributed by atoms with Crippen LogP contribution in [0, 0.1) is 0 Å². The van der Waals surface area contributed by atoms with Gasteiger partial charge in [0.25, 0.3) is 0 Å². The van der Waals surface area contributed by atoms with Crippen molar-refractivity contribution in [3.63, 3.8) is 0 Å². The molecule has 0 amide bonds. The first-order valence-corrected chi connectivity index (χ1v) is 6.76. The third kappa shape index (κ3) is 3.95. The average molecular weight is 276 g/mol. The molecule has 1 aromatic rings. The van der Waals surface area contributed by atoms with E-state index >= 15 is 0 Å². The molecule has 108 valence electrons. The molecule has 0 atom stereocenters. The predicted octanol–water partition coefficient (Wildman–Crippen LogP) is 3.38. The van der Waals surface area contributed by atoms with E-state index in [1.54, 1.807) is 12.1 Å². The largest absolute Gasteiger partial charge is 0.478 e. The van der Waals surface area contributed by atoms with E-state index in [0.29, 0.717) is 18.6 Å². The second kappa shape index (κ2) is 7.48. The molecule has 1 rings (SSSR count). The van der Waals surface area contributed by atoms with E-state index in [-0.39, 0.29) is 5.56 Å². The molecule has 0 heterocycles. The molecule has 0 aliphatic carbocycles. The van der Waals surface area contributed by atoms with Crippen molar-refractivity contribution in [2.45, 2.75) is 39.5 Å². The van der Waals surface area contributed by atoms with Crippen LogP contribution in [0.25, 0.3) is 0 Å². The molecule has 4 heteroatoms. The van der Waals surface area contributed by atoms with E-state index in [9.17, 15) is 9.59 Å². The average Bonchev–Trinajstić information content (AvgIpc) is 2.42. The lowest BCUT2D eigenvalue weighted by Gasteiger charge is -2.15. The molecule has 20 heavy (non-hydrogen) atoms. The molecule has 0 fully saturated rings. The summed E-state index contributed by atoms with van der Waals surface area (Å²) in [5.41, 5.74) is 1.74. The van der Waals surface area contributed by atoms with E-state index in [1.807, 2.05) is 13.8 Å². The highest BCUT2D eigenvalue weighted by Gasteiger charge is 2.16. The monoisotopic (exact) mass is 276 g/mol. The molecule has 0 saturated carbocycles. The van der Waals surface area contributed by atoms with Crippen LogP contribution in [0.5, 0.6) is 5.75 Å². The topological polar surface area (TPSA) is 63.6 Å². The fourth-order valence-corrected chi connectivity index (χ4v) is 2.06. The van der Waals surface area contributed by atoms with Crippen molar-refractivity contribution in [1.82, 2.24) is 0 Å². The van der Waals surface area contributed by atoms with Crippen LogP contribution in [0.15, 0.2) is 24.8 Å². The molecule has 0 aliphatic heterocycles. The molecule has 0 aliphatic rings. The first-order valence-electron chi connectivity index (χ1n) is 6.76. The highest BCUT2D eigenvalue weighted by Crippen LogP contribution is 2.29. The summed E-state index contributed by atoms with van der Waals surface area (Å²) in [4.78, 5) is 22.6. The van der Waals surface area contributed by atoms with E-state index in [2.05, 4.69) is 6.58 Å². The summed E-state index contributed by atoms with van der Waals surface area (Å²) in [7, 11) is 0. The van der Waals surface area contributed by atoms with Crippen LogP contribution >= 0.6 is 0 Å². The number of hydrogen-bond acceptors (Lipinski definition) is 3. The Balaban J connectivity index is 3.36. The Morgan fingerprint density at radius 1 is 1.20 bits per heavy atom. The molecule has 1 N–H and O–H groups in total. The van der Waals surface area contributed by atoms with Gasteiger partial charge < -0.3 is 9.84 Å². The van der Waals surface area contributed by atoms with Crippen LogP contribution < -0.4 is 4.74 Å². The number of aryl methyl sites for hydroxylation is 2. The number of ether oxygens (including phenoxy) is 1. The standard InChI is InChI=1S/C16H20O4/c1-4-7-11-9-13(16(18)19)10-12(8-5-2)15(11)20-14(17)6-3/h6,9-10H,3-5,7-8H2,1-2H3,(H,18,19). The zero-order valence-electron chi connectivity index (χ0n) is 11.9. The van der Waals surface area contributed by atoms with Gasteiger partial charge in [0.1, 0.15) is 5.75 Å². The second-order valence-corrected chi connectivity index (χ2v) is 4.55. The Kier molecular flexibility index (Phi) is 5.97. The normalized spacial score (nSPS) is 10.1. The molecule has 0 spiro atoms. The lowest BCUT2D eigenvalue weighted by atomic mass is 9.98. The summed E-state index contributed by atoms with van der Waals surface area (Å²) in [5, 5.41) is 9.17. The van der Waals surface area contributed by atoms with Gasteiger partial charge in [0.05, 0.1) is 5.56 Å². The first kappa shape index (κ1) is 16.0. The SMILES string of the molecule is C=CC(=O)Oc1c(CCC)cc(C(=O)O)cc1CCC. The highest BCUT2D eigenvalue weighted by molar-refractivity contribution is 5.89. The second-order valence-electron chi connectivity index (χ2n) is 4.55. The van der Waals surface area contributed by atoms with Crippen molar-refractivity contribution in [2.75, 3.05) is 0 Å². The minimum atomic E-state index is -0.971. The van der Waals surface area contributed by atoms with Gasteiger partial charge in [-0.05, 0) is 36.1 Å². The summed E-state index contributed by atoms with van der Waals surface area (Å²) in [6.07, 6.45) is 4.12. The Morgan fingerprint density at radius 2 is 1.70 bits per heavy atom. The third-order valence-corrected chi connectivity index (χ3v) is 2.90. The lowest BCUT2D eigenvalue weighted by molar-refractivity contribution is -0.129. The van der Waals surface area contributed by atoms with Gasteiger partial charge >= 0.3 is 11.9 Å². The Bertz CT molecular complexity index is 490. The molecule has 0 radical (unpaired) electrons. The summed E-state index contributed by atoms with van der Waals surface area (Å²) >= 11 is 0. The van der Waals surface area contributed by atoms with Gasteiger partial charge in [-0.2, -0.15) is 0 Å². The van der Waals surface area contributed by atoms with E-state index in [0.717, 1.165) is 30.0 Å². The van der Waals surface area contributed by atoms with Crippen molar-refractivity contribution < 1.29 is 19.4 Å². The Labute approximate surface area is 119 Å². The number of carboxylic acids is 1. The van der Waals surface area contributed by atoms with Gasteiger partial charge in [0, 0.05) is 6.08 Å². The van der Waals surface area contributed by atoms with E-state index < -0.39 is 11.9 Å². The number of aromatic carboxylic acids is 1. The first-order chi connectivity index (χ1) is 9.53. The quantitative estimate of drug-likeness (QED) is 0.471. The fraction of sp³-hybridized carbons (Fsp3) is 0.375. The molecule has 0 unspecified atom stereocenters. The zero-order valence-corrected chi connectivity index (χ0v) is 11.9. The molecular weight excluding hydrogens is 256 g/mol. The van der Waals surface area contributed by atoms with E-state index in [4.69, 9.17) is 9.84 Å². The number of carbonyl (C=O) groups excluding carboxylic acids is 1. The number of esters is 1. The summed E-state index contributed by atoms with van der Waals surface area (Å²) in [5.74, 6) is -1.01. The van der Waals surface area contributed by atoms with Gasteiger partial charge in [-0.3, -0.25) is 0 Å². The van der Waals surface area contributed by atoms with Crippen LogP contribution in [0.3, 0.4) is 0 Å². The Morgan fingerprint density at radius 3 is 2.05 bits per heavy atom. The van der Waals surface area contributed by atoms with Gasteiger partial charge in [-0.1, -0.05) is 33.3 Å². The third-order valence-electron chi connectivity index (χ3n) is 2.90. The molecular formula is C16H20O4. The lowest BCUT2D eigenvalue weighted by Crippen LogP contribution is -2.10. The van der Waals surface area contributed by atoms with Gasteiger partial charge in [0.2, 0.25) is 0 Å². The molecule has 4 nitrogen and oxygen atoms in total. The summed E-state index contributed by atoms with van der Waals surface area (Å²) in [6, 6.07) is 3.16. The van der Waals surface area contributed by atoms with Gasteiger partial charge in [-0.15, -0.1) is 0 Å². The fourth-order valence-electron chi connectivity index (χ4n) is 2.06. The maximum atomic E-state index is 11.5. The predicted molar refractivity (Wildman–Crippen MR) is 77.2 cm³/mol. The van der Waals surface area contributed by atoms with Crippen molar-refractivity contribution >= 4 is 11.9 Å². The highest BCUT2D eigenvalue weighted by atomic mass is 16.5. The molecule has 0 aromatic heterocycles. The molecule has 0 bridgehead atoms. The number of hydrogen-bond donors (Lipinski definition) is 1. The molecule has 1 aromatic carbocycles.